The summed E-state index contributed by atoms with van der Waals surface area (Å²) in [5.74, 6) is -2.00. The third kappa shape index (κ3) is 4.39. The maximum absolute atomic E-state index is 11.7. The minimum atomic E-state index is -1.36. The minimum Gasteiger partial charge on any atom is -0.478 e. The number of nitrogens with zero attached hydrogens (tertiary/aromatic N) is 2. The number of hydrogen-bond donors (Lipinski definition) is 5. The highest BCUT2D eigenvalue weighted by atomic mass is 16.6. The molecule has 226 valence electrons. The first kappa shape index (κ1) is 29.5. The van der Waals surface area contributed by atoms with Crippen LogP contribution < -0.4 is 0 Å². The van der Waals surface area contributed by atoms with Gasteiger partial charge < -0.3 is 30.0 Å². The molecule has 0 spiro atoms. The largest absolute Gasteiger partial charge is 0.478 e. The monoisotopic (exact) mass is 592 g/mol. The molecule has 9 heteroatoms. The Hall–Kier alpha value is -4.57. The van der Waals surface area contributed by atoms with Crippen LogP contribution >= 0.6 is 0 Å². The van der Waals surface area contributed by atoms with E-state index >= 15 is 0 Å². The van der Waals surface area contributed by atoms with Crippen molar-refractivity contribution >= 4 is 56.4 Å². The number of ether oxygens (including phenoxy) is 1. The molecule has 0 radical (unpaired) electrons. The van der Waals surface area contributed by atoms with Gasteiger partial charge in [0.05, 0.1) is 34.8 Å². The van der Waals surface area contributed by atoms with E-state index in [0.717, 1.165) is 68.0 Å². The molecule has 1 aliphatic carbocycles. The summed E-state index contributed by atoms with van der Waals surface area (Å²) < 4.78 is 5.35. The highest BCUT2D eigenvalue weighted by molar-refractivity contribution is 6.03. The van der Waals surface area contributed by atoms with Crippen LogP contribution in [0.5, 0.6) is 0 Å². The summed E-state index contributed by atoms with van der Waals surface area (Å²) in [6.45, 7) is 14.1. The van der Waals surface area contributed by atoms with E-state index in [1.165, 1.54) is 13.2 Å². The number of fused-ring (bicyclic) bond motifs is 8. The quantitative estimate of drug-likeness (QED) is 0.173. The molecule has 8 bridgehead atoms. The van der Waals surface area contributed by atoms with Gasteiger partial charge in [0.25, 0.3) is 0 Å². The highest BCUT2D eigenvalue weighted by Crippen LogP contribution is 2.51. The zero-order valence-corrected chi connectivity index (χ0v) is 25.7. The van der Waals surface area contributed by atoms with Gasteiger partial charge in [-0.3, -0.25) is 0 Å². The number of methoxy groups -OCH3 is 1. The Kier molecular flexibility index (Phi) is 7.28. The lowest BCUT2D eigenvalue weighted by Gasteiger charge is -2.22. The van der Waals surface area contributed by atoms with Crippen LogP contribution in [0.3, 0.4) is 0 Å². The minimum absolute atomic E-state index is 0.438. The van der Waals surface area contributed by atoms with Crippen LogP contribution in [0.15, 0.2) is 36.9 Å². The number of carboxylic acids is 1. The van der Waals surface area contributed by atoms with E-state index < -0.39 is 24.3 Å². The van der Waals surface area contributed by atoms with Gasteiger partial charge in [-0.15, -0.1) is 0 Å². The van der Waals surface area contributed by atoms with E-state index in [0.29, 0.717) is 39.5 Å². The summed E-state index contributed by atoms with van der Waals surface area (Å²) in [4.78, 5) is 28.8. The topological polar surface area (TPSA) is 144 Å². The fraction of sp³-hybridized carbons (Fsp3) is 0.286. The molecule has 3 atom stereocenters. The van der Waals surface area contributed by atoms with E-state index in [9.17, 15) is 20.1 Å². The molecule has 3 aromatic rings. The molecule has 2 aliphatic heterocycles. The standard InChI is InChI=1S/C35H36N4O5/c1-8-19-15(3)22-12-24-17(5)21(10-11-28(40)41)32(38-24)30-31(35(43)44-7)34(42)29-18(6)25(39-33(29)30)14-27-20(9-2)16(4)23(37-27)13-26(19)36-22/h8,10-14,31,34-37,42-43H,1,9H2,2-7H3,(H,40,41)/b11-10+,22-12?,23-13?,24-12?,25-14?,26-13?,27-14?,32-30?/t31-,34?,35?/m1/s1. The first-order valence-corrected chi connectivity index (χ1v) is 14.6. The number of H-pyrrole nitrogens is 2. The number of aliphatic hydroxyl groups is 2. The molecule has 5 N–H and O–H groups in total. The number of rotatable bonds is 6. The second-order valence-corrected chi connectivity index (χ2v) is 11.5. The molecule has 0 saturated heterocycles. The Morgan fingerprint density at radius 3 is 2.30 bits per heavy atom. The zero-order valence-electron chi connectivity index (χ0n) is 25.7. The van der Waals surface area contributed by atoms with Crippen molar-refractivity contribution in [1.82, 2.24) is 19.9 Å². The van der Waals surface area contributed by atoms with E-state index in [4.69, 9.17) is 14.7 Å². The van der Waals surface area contributed by atoms with Crippen LogP contribution in [0.4, 0.5) is 0 Å². The predicted molar refractivity (Wildman–Crippen MR) is 173 cm³/mol. The molecule has 0 saturated carbocycles. The van der Waals surface area contributed by atoms with Crippen molar-refractivity contribution < 1.29 is 24.9 Å². The molecule has 6 rings (SSSR count). The number of aromatic nitrogens is 4. The number of aromatic amines is 2. The average molecular weight is 593 g/mol. The predicted octanol–water partition coefficient (Wildman–Crippen LogP) is 6.06. The molecule has 0 fully saturated rings. The smallest absolute Gasteiger partial charge is 0.328 e. The second-order valence-electron chi connectivity index (χ2n) is 11.5. The van der Waals surface area contributed by atoms with Crippen molar-refractivity contribution in [2.45, 2.75) is 59.4 Å². The van der Waals surface area contributed by atoms with Crippen LogP contribution in [0.2, 0.25) is 0 Å². The van der Waals surface area contributed by atoms with E-state index in [-0.39, 0.29) is 0 Å². The summed E-state index contributed by atoms with van der Waals surface area (Å²) in [5, 5.41) is 32.2. The van der Waals surface area contributed by atoms with Crippen LogP contribution in [-0.4, -0.2) is 60.7 Å². The summed E-state index contributed by atoms with van der Waals surface area (Å²) in [7, 11) is 1.38. The first-order valence-electron chi connectivity index (χ1n) is 14.6. The van der Waals surface area contributed by atoms with E-state index in [2.05, 4.69) is 36.5 Å². The summed E-state index contributed by atoms with van der Waals surface area (Å²) in [6.07, 6.45) is 2.74. The van der Waals surface area contributed by atoms with Gasteiger partial charge in [-0.05, 0) is 86.2 Å². The maximum Gasteiger partial charge on any atom is 0.328 e. The van der Waals surface area contributed by atoms with Crippen LogP contribution in [0.1, 0.15) is 77.3 Å². The van der Waals surface area contributed by atoms with Gasteiger partial charge in [0.2, 0.25) is 0 Å². The average Bonchev–Trinajstić information content (AvgIpc) is 3.72. The van der Waals surface area contributed by atoms with Crippen LogP contribution in [0.25, 0.3) is 50.4 Å². The van der Waals surface area contributed by atoms with Crippen molar-refractivity contribution in [1.29, 1.82) is 0 Å². The van der Waals surface area contributed by atoms with Crippen molar-refractivity contribution in [2.24, 2.45) is 0 Å². The molecule has 44 heavy (non-hydrogen) atoms. The Labute approximate surface area is 255 Å². The SMILES string of the molecule is C=Cc1c(C)c2cc3nc(c4c5nc(cc6[nH]c(cc1[nH]2)c(C)c6CC)C(C)=C5C(O)[C@@H]4C(O)OC)C(/C=C/C(=O)O)=C3C. The van der Waals surface area contributed by atoms with Crippen molar-refractivity contribution in [2.75, 3.05) is 7.11 Å². The third-order valence-electron chi connectivity index (χ3n) is 9.20. The number of carboxylic acid groups (broad SMARTS) is 1. The fourth-order valence-electron chi connectivity index (χ4n) is 6.78. The lowest BCUT2D eigenvalue weighted by atomic mass is 9.93. The lowest BCUT2D eigenvalue weighted by Crippen LogP contribution is -2.28. The lowest BCUT2D eigenvalue weighted by molar-refractivity contribution is -0.131. The summed E-state index contributed by atoms with van der Waals surface area (Å²) in [6, 6.07) is 6.03. The van der Waals surface area contributed by atoms with Gasteiger partial charge in [0.15, 0.2) is 6.29 Å². The molecule has 9 nitrogen and oxygen atoms in total. The first-order chi connectivity index (χ1) is 21.0. The Bertz CT molecular complexity index is 2020. The van der Waals surface area contributed by atoms with Crippen molar-refractivity contribution in [3.63, 3.8) is 0 Å². The normalized spacial score (nSPS) is 18.5. The number of carbonyl (C=O) groups is 1. The fourth-order valence-corrected chi connectivity index (χ4v) is 6.78. The van der Waals surface area contributed by atoms with Gasteiger partial charge in [-0.25, -0.2) is 14.8 Å². The Morgan fingerprint density at radius 2 is 1.64 bits per heavy atom. The highest BCUT2D eigenvalue weighted by Gasteiger charge is 2.46. The molecular formula is C35H36N4O5. The summed E-state index contributed by atoms with van der Waals surface area (Å²) >= 11 is 0. The van der Waals surface area contributed by atoms with Crippen molar-refractivity contribution in [3.8, 4) is 0 Å². The van der Waals surface area contributed by atoms with E-state index in [1.807, 2.05) is 39.0 Å². The molecule has 0 amide bonds. The van der Waals surface area contributed by atoms with Crippen molar-refractivity contribution in [3.05, 3.63) is 87.5 Å². The van der Waals surface area contributed by atoms with Crippen LogP contribution in [-0.2, 0) is 16.0 Å². The van der Waals surface area contributed by atoms with Gasteiger partial charge in [-0.1, -0.05) is 19.6 Å². The van der Waals surface area contributed by atoms with Gasteiger partial charge in [-0.2, -0.15) is 0 Å². The zero-order chi connectivity index (χ0) is 31.6. The number of allylic oxidation sites excluding steroid dienone is 4. The number of aryl methyl sites for hydroxylation is 3. The third-order valence-corrected chi connectivity index (χ3v) is 9.20. The summed E-state index contributed by atoms with van der Waals surface area (Å²) in [5.41, 5.74) is 13.3. The van der Waals surface area contributed by atoms with Gasteiger partial charge in [0.1, 0.15) is 0 Å². The number of nitrogens with one attached hydrogen (secondary N) is 2. The molecule has 2 unspecified atom stereocenters. The molecule has 3 aliphatic rings. The Balaban J connectivity index is 1.86. The second kappa shape index (κ2) is 10.9. The van der Waals surface area contributed by atoms with Gasteiger partial charge in [0, 0.05) is 57.5 Å². The number of aliphatic carboxylic acids is 1. The van der Waals surface area contributed by atoms with Crippen LogP contribution in [0, 0.1) is 13.8 Å². The number of hydrogen-bond acceptors (Lipinski definition) is 6. The maximum atomic E-state index is 11.7. The molecule has 3 aromatic heterocycles. The Morgan fingerprint density at radius 1 is 1.00 bits per heavy atom. The van der Waals surface area contributed by atoms with Gasteiger partial charge >= 0.3 is 5.97 Å². The van der Waals surface area contributed by atoms with E-state index in [1.54, 1.807) is 0 Å². The molecule has 0 aromatic carbocycles. The molecular weight excluding hydrogens is 556 g/mol. The number of aliphatic hydroxyl groups excluding tert-OH is 2. The molecule has 5 heterocycles.